The average Bonchev–Trinajstić information content (AvgIpc) is 2.58. The number of halogens is 1. The third-order valence-electron chi connectivity index (χ3n) is 3.34. The number of morpholine rings is 1. The van der Waals surface area contributed by atoms with Gasteiger partial charge < -0.3 is 15.0 Å². The summed E-state index contributed by atoms with van der Waals surface area (Å²) in [6.45, 7) is 2.82. The van der Waals surface area contributed by atoms with Crippen LogP contribution in [0.2, 0.25) is 5.02 Å². The van der Waals surface area contributed by atoms with Crippen molar-refractivity contribution in [2.45, 2.75) is 0 Å². The largest absolute Gasteiger partial charge is 0.378 e. The number of benzene rings is 1. The number of hydrogen-bond acceptors (Lipinski definition) is 5. The molecule has 2 heterocycles. The van der Waals surface area contributed by atoms with E-state index in [1.807, 2.05) is 0 Å². The Morgan fingerprint density at radius 2 is 2.00 bits per heavy atom. The van der Waals surface area contributed by atoms with Crippen molar-refractivity contribution in [1.82, 2.24) is 9.97 Å². The van der Waals surface area contributed by atoms with Crippen LogP contribution in [0.4, 0.5) is 11.5 Å². The van der Waals surface area contributed by atoms with Crippen LogP contribution < -0.4 is 10.2 Å². The topological polar surface area (TPSA) is 67.4 Å². The zero-order valence-electron chi connectivity index (χ0n) is 11.8. The summed E-state index contributed by atoms with van der Waals surface area (Å²) in [6, 6.07) is 8.75. The minimum Gasteiger partial charge on any atom is -0.378 e. The smallest absolute Gasteiger partial charge is 0.274 e. The van der Waals surface area contributed by atoms with Gasteiger partial charge >= 0.3 is 0 Å². The third kappa shape index (κ3) is 3.35. The number of rotatable bonds is 3. The van der Waals surface area contributed by atoms with Gasteiger partial charge in [0.1, 0.15) is 17.8 Å². The number of carbonyl (C=O) groups excluding carboxylic acids is 1. The zero-order chi connectivity index (χ0) is 15.4. The van der Waals surface area contributed by atoms with Crippen molar-refractivity contribution in [3.63, 3.8) is 0 Å². The summed E-state index contributed by atoms with van der Waals surface area (Å²) in [4.78, 5) is 22.6. The molecule has 0 radical (unpaired) electrons. The Bertz CT molecular complexity index is 674. The first kappa shape index (κ1) is 14.7. The normalized spacial score (nSPS) is 14.7. The van der Waals surface area contributed by atoms with E-state index in [0.29, 0.717) is 29.6 Å². The molecule has 0 atom stereocenters. The Labute approximate surface area is 133 Å². The van der Waals surface area contributed by atoms with Gasteiger partial charge in [-0.25, -0.2) is 9.97 Å². The van der Waals surface area contributed by atoms with Crippen LogP contribution in [0.25, 0.3) is 0 Å². The van der Waals surface area contributed by atoms with Crippen LogP contribution in [0, 0.1) is 0 Å². The van der Waals surface area contributed by atoms with Crippen LogP contribution >= 0.6 is 11.6 Å². The number of amides is 1. The lowest BCUT2D eigenvalue weighted by Gasteiger charge is -2.27. The van der Waals surface area contributed by atoms with Gasteiger partial charge in [0.15, 0.2) is 0 Å². The number of para-hydroxylation sites is 1. The Balaban J connectivity index is 1.76. The second kappa shape index (κ2) is 6.72. The van der Waals surface area contributed by atoms with Gasteiger partial charge in [0.05, 0.1) is 23.9 Å². The molecule has 1 fully saturated rings. The molecule has 1 N–H and O–H groups in total. The molecule has 2 aromatic rings. The molecule has 0 saturated carbocycles. The molecule has 114 valence electrons. The van der Waals surface area contributed by atoms with Crippen molar-refractivity contribution < 1.29 is 9.53 Å². The highest BCUT2D eigenvalue weighted by molar-refractivity contribution is 6.33. The lowest BCUT2D eigenvalue weighted by Crippen LogP contribution is -2.37. The van der Waals surface area contributed by atoms with E-state index < -0.39 is 0 Å². The van der Waals surface area contributed by atoms with Gasteiger partial charge in [0, 0.05) is 19.2 Å². The van der Waals surface area contributed by atoms with E-state index in [4.69, 9.17) is 16.3 Å². The number of hydrogen-bond donors (Lipinski definition) is 1. The van der Waals surface area contributed by atoms with Crippen LogP contribution in [-0.4, -0.2) is 42.2 Å². The van der Waals surface area contributed by atoms with E-state index >= 15 is 0 Å². The SMILES string of the molecule is O=C(Nc1ccccc1Cl)c1cc(N2CCOCC2)ncn1. The van der Waals surface area contributed by atoms with Crippen LogP contribution in [0.5, 0.6) is 0 Å². The molecule has 6 nitrogen and oxygen atoms in total. The summed E-state index contributed by atoms with van der Waals surface area (Å²) < 4.78 is 5.31. The highest BCUT2D eigenvalue weighted by atomic mass is 35.5. The van der Waals surface area contributed by atoms with Gasteiger partial charge in [0.25, 0.3) is 5.91 Å². The number of carbonyl (C=O) groups is 1. The van der Waals surface area contributed by atoms with Crippen molar-refractivity contribution in [2.75, 3.05) is 36.5 Å². The Morgan fingerprint density at radius 1 is 1.23 bits per heavy atom. The van der Waals surface area contributed by atoms with Gasteiger partial charge in [-0.15, -0.1) is 0 Å². The first-order chi connectivity index (χ1) is 10.7. The molecule has 1 aromatic heterocycles. The minimum atomic E-state index is -0.315. The summed E-state index contributed by atoms with van der Waals surface area (Å²) >= 11 is 6.04. The molecule has 0 unspecified atom stereocenters. The summed E-state index contributed by atoms with van der Waals surface area (Å²) in [7, 11) is 0. The molecule has 0 aliphatic carbocycles. The highest BCUT2D eigenvalue weighted by Gasteiger charge is 2.16. The fraction of sp³-hybridized carbons (Fsp3) is 0.267. The van der Waals surface area contributed by atoms with E-state index in [1.54, 1.807) is 30.3 Å². The van der Waals surface area contributed by atoms with Gasteiger partial charge in [-0.2, -0.15) is 0 Å². The third-order valence-corrected chi connectivity index (χ3v) is 3.67. The maximum Gasteiger partial charge on any atom is 0.274 e. The van der Waals surface area contributed by atoms with Crippen molar-refractivity contribution in [3.05, 3.63) is 47.4 Å². The number of aromatic nitrogens is 2. The summed E-state index contributed by atoms with van der Waals surface area (Å²) in [5, 5.41) is 3.24. The maximum absolute atomic E-state index is 12.3. The molecular formula is C15H15ClN4O2. The number of nitrogens with zero attached hydrogens (tertiary/aromatic N) is 3. The van der Waals surface area contributed by atoms with Crippen molar-refractivity contribution in [1.29, 1.82) is 0 Å². The molecular weight excluding hydrogens is 304 g/mol. The Hall–Kier alpha value is -2.18. The van der Waals surface area contributed by atoms with Gasteiger partial charge in [-0.1, -0.05) is 23.7 Å². The standard InChI is InChI=1S/C15H15ClN4O2/c16-11-3-1-2-4-12(11)19-15(21)13-9-14(18-10-17-13)20-5-7-22-8-6-20/h1-4,9-10H,5-8H2,(H,19,21). The van der Waals surface area contributed by atoms with Crippen LogP contribution in [-0.2, 0) is 4.74 Å². The van der Waals surface area contributed by atoms with Crippen LogP contribution in [0.3, 0.4) is 0 Å². The molecule has 7 heteroatoms. The molecule has 0 bridgehead atoms. The molecule has 1 amide bonds. The summed E-state index contributed by atoms with van der Waals surface area (Å²) in [5.41, 5.74) is 0.858. The Morgan fingerprint density at radius 3 is 2.77 bits per heavy atom. The first-order valence-corrected chi connectivity index (χ1v) is 7.32. The predicted molar refractivity (Wildman–Crippen MR) is 84.5 cm³/mol. The molecule has 1 aliphatic heterocycles. The van der Waals surface area contributed by atoms with E-state index in [-0.39, 0.29) is 5.91 Å². The number of ether oxygens (including phenoxy) is 1. The molecule has 1 aliphatic rings. The quantitative estimate of drug-likeness (QED) is 0.940. The molecule has 1 aromatic carbocycles. The number of nitrogens with one attached hydrogen (secondary N) is 1. The fourth-order valence-electron chi connectivity index (χ4n) is 2.19. The van der Waals surface area contributed by atoms with Gasteiger partial charge in [0.2, 0.25) is 0 Å². The lowest BCUT2D eigenvalue weighted by molar-refractivity contribution is 0.102. The summed E-state index contributed by atoms with van der Waals surface area (Å²) in [5.74, 6) is 0.410. The summed E-state index contributed by atoms with van der Waals surface area (Å²) in [6.07, 6.45) is 1.40. The van der Waals surface area contributed by atoms with E-state index in [0.717, 1.165) is 18.9 Å². The second-order valence-electron chi connectivity index (χ2n) is 4.79. The zero-order valence-corrected chi connectivity index (χ0v) is 12.6. The average molecular weight is 319 g/mol. The molecule has 3 rings (SSSR count). The van der Waals surface area contributed by atoms with E-state index in [2.05, 4.69) is 20.2 Å². The van der Waals surface area contributed by atoms with Crippen LogP contribution in [0.1, 0.15) is 10.5 Å². The maximum atomic E-state index is 12.3. The van der Waals surface area contributed by atoms with Crippen molar-refractivity contribution in [3.8, 4) is 0 Å². The monoisotopic (exact) mass is 318 g/mol. The van der Waals surface area contributed by atoms with E-state index in [9.17, 15) is 4.79 Å². The Kier molecular flexibility index (Phi) is 4.50. The van der Waals surface area contributed by atoms with Crippen LogP contribution in [0.15, 0.2) is 36.7 Å². The highest BCUT2D eigenvalue weighted by Crippen LogP contribution is 2.21. The lowest BCUT2D eigenvalue weighted by atomic mass is 10.3. The van der Waals surface area contributed by atoms with Gasteiger partial charge in [-0.3, -0.25) is 4.79 Å². The van der Waals surface area contributed by atoms with Crippen molar-refractivity contribution >= 4 is 29.0 Å². The van der Waals surface area contributed by atoms with E-state index in [1.165, 1.54) is 6.33 Å². The fourth-order valence-corrected chi connectivity index (χ4v) is 2.37. The molecule has 22 heavy (non-hydrogen) atoms. The predicted octanol–water partition coefficient (Wildman–Crippen LogP) is 2.22. The molecule has 0 spiro atoms. The van der Waals surface area contributed by atoms with Crippen molar-refractivity contribution in [2.24, 2.45) is 0 Å². The number of anilines is 2. The minimum absolute atomic E-state index is 0.302. The second-order valence-corrected chi connectivity index (χ2v) is 5.20. The first-order valence-electron chi connectivity index (χ1n) is 6.94. The van der Waals surface area contributed by atoms with Gasteiger partial charge in [-0.05, 0) is 12.1 Å². The molecule has 1 saturated heterocycles.